The van der Waals surface area contributed by atoms with Gasteiger partial charge in [0.15, 0.2) is 5.82 Å². The molecule has 132 valence electrons. The van der Waals surface area contributed by atoms with Gasteiger partial charge in [-0.2, -0.15) is 5.10 Å². The van der Waals surface area contributed by atoms with Crippen molar-refractivity contribution in [3.8, 4) is 11.5 Å². The lowest BCUT2D eigenvalue weighted by Gasteiger charge is -2.20. The SMILES string of the molecule is Cc1cc(C[C@@H]2COC[C@@H]2n2ccnc2-c2cccc3ccnn23)on1. The first kappa shape index (κ1) is 15.3. The minimum atomic E-state index is 0.198. The third-order valence-corrected chi connectivity index (χ3v) is 4.98. The average molecular weight is 349 g/mol. The quantitative estimate of drug-likeness (QED) is 0.566. The molecule has 0 saturated carbocycles. The molecule has 1 saturated heterocycles. The van der Waals surface area contributed by atoms with Gasteiger partial charge in [-0.05, 0) is 25.1 Å². The molecule has 0 amide bonds. The van der Waals surface area contributed by atoms with Gasteiger partial charge >= 0.3 is 0 Å². The molecular formula is C19H19N5O2. The van der Waals surface area contributed by atoms with Gasteiger partial charge < -0.3 is 13.8 Å². The molecule has 0 unspecified atom stereocenters. The number of nitrogens with zero attached hydrogens (tertiary/aromatic N) is 5. The second-order valence-electron chi connectivity index (χ2n) is 6.74. The summed E-state index contributed by atoms with van der Waals surface area (Å²) in [4.78, 5) is 4.62. The summed E-state index contributed by atoms with van der Waals surface area (Å²) < 4.78 is 15.3. The second kappa shape index (κ2) is 6.10. The molecule has 0 aromatic carbocycles. The highest BCUT2D eigenvalue weighted by molar-refractivity contribution is 5.59. The molecule has 4 aromatic rings. The molecule has 0 N–H and O–H groups in total. The van der Waals surface area contributed by atoms with E-state index in [0.29, 0.717) is 19.1 Å². The molecule has 26 heavy (non-hydrogen) atoms. The minimum Gasteiger partial charge on any atom is -0.379 e. The molecular weight excluding hydrogens is 330 g/mol. The number of aromatic nitrogens is 5. The zero-order valence-corrected chi connectivity index (χ0v) is 14.4. The highest BCUT2D eigenvalue weighted by Crippen LogP contribution is 2.32. The Morgan fingerprint density at radius 1 is 1.19 bits per heavy atom. The largest absolute Gasteiger partial charge is 0.379 e. The van der Waals surface area contributed by atoms with Crippen LogP contribution in [-0.4, -0.2) is 37.5 Å². The van der Waals surface area contributed by atoms with Crippen molar-refractivity contribution in [1.29, 1.82) is 0 Å². The van der Waals surface area contributed by atoms with Crippen LogP contribution in [0.2, 0.25) is 0 Å². The van der Waals surface area contributed by atoms with E-state index in [1.807, 2.05) is 54.2 Å². The molecule has 4 aromatic heterocycles. The van der Waals surface area contributed by atoms with Gasteiger partial charge in [-0.15, -0.1) is 0 Å². The van der Waals surface area contributed by atoms with Gasteiger partial charge in [0.2, 0.25) is 0 Å². The van der Waals surface area contributed by atoms with E-state index < -0.39 is 0 Å². The zero-order chi connectivity index (χ0) is 17.5. The summed E-state index contributed by atoms with van der Waals surface area (Å²) in [5.74, 6) is 2.11. The van der Waals surface area contributed by atoms with E-state index in [2.05, 4.69) is 19.8 Å². The number of aryl methyl sites for hydroxylation is 1. The topological polar surface area (TPSA) is 70.4 Å². The van der Waals surface area contributed by atoms with Gasteiger partial charge in [0, 0.05) is 30.8 Å². The van der Waals surface area contributed by atoms with Gasteiger partial charge in [-0.1, -0.05) is 11.2 Å². The maximum Gasteiger partial charge on any atom is 0.159 e. The fraction of sp³-hybridized carbons (Fsp3) is 0.316. The lowest BCUT2D eigenvalue weighted by atomic mass is 9.97. The van der Waals surface area contributed by atoms with Crippen molar-refractivity contribution in [2.75, 3.05) is 13.2 Å². The maximum absolute atomic E-state index is 5.80. The molecule has 1 aliphatic heterocycles. The van der Waals surface area contributed by atoms with Gasteiger partial charge in [0.1, 0.15) is 11.5 Å². The summed E-state index contributed by atoms with van der Waals surface area (Å²) in [6.07, 6.45) is 6.47. The fourth-order valence-electron chi connectivity index (χ4n) is 3.76. The molecule has 2 atom stereocenters. The summed E-state index contributed by atoms with van der Waals surface area (Å²) >= 11 is 0. The Morgan fingerprint density at radius 3 is 3.04 bits per heavy atom. The first-order valence-corrected chi connectivity index (χ1v) is 8.75. The van der Waals surface area contributed by atoms with Crippen LogP contribution in [0.4, 0.5) is 0 Å². The Labute approximate surface area is 150 Å². The third-order valence-electron chi connectivity index (χ3n) is 4.98. The molecule has 0 aliphatic carbocycles. The monoisotopic (exact) mass is 349 g/mol. The Hall–Kier alpha value is -2.93. The van der Waals surface area contributed by atoms with Gasteiger partial charge in [0.25, 0.3) is 0 Å². The highest BCUT2D eigenvalue weighted by Gasteiger charge is 2.32. The van der Waals surface area contributed by atoms with Gasteiger partial charge in [-0.3, -0.25) is 0 Å². The molecule has 7 heteroatoms. The summed E-state index contributed by atoms with van der Waals surface area (Å²) in [6, 6.07) is 10.3. The van der Waals surface area contributed by atoms with Crippen molar-refractivity contribution in [3.05, 3.63) is 60.4 Å². The number of rotatable bonds is 4. The molecule has 0 spiro atoms. The predicted octanol–water partition coefficient (Wildman–Crippen LogP) is 2.92. The molecule has 0 bridgehead atoms. The van der Waals surface area contributed by atoms with E-state index in [1.165, 1.54) is 0 Å². The second-order valence-corrected chi connectivity index (χ2v) is 6.74. The molecule has 7 nitrogen and oxygen atoms in total. The van der Waals surface area contributed by atoms with Crippen molar-refractivity contribution >= 4 is 5.52 Å². The fourth-order valence-corrected chi connectivity index (χ4v) is 3.76. The normalized spacial score (nSPS) is 20.2. The van der Waals surface area contributed by atoms with E-state index >= 15 is 0 Å². The molecule has 1 fully saturated rings. The average Bonchev–Trinajstić information content (AvgIpc) is 3.41. The van der Waals surface area contributed by atoms with Crippen LogP contribution < -0.4 is 0 Å². The van der Waals surface area contributed by atoms with Gasteiger partial charge in [-0.25, -0.2) is 9.50 Å². The van der Waals surface area contributed by atoms with Gasteiger partial charge in [0.05, 0.1) is 36.7 Å². The van der Waals surface area contributed by atoms with Crippen LogP contribution in [-0.2, 0) is 11.2 Å². The zero-order valence-electron chi connectivity index (χ0n) is 14.4. The standard InChI is InChI=1S/C19H19N5O2/c1-13-9-16(26-22-13)10-14-11-25-12-18(14)23-8-7-20-19(23)17-4-2-3-15-5-6-21-24(15)17/h2-9,14,18H,10-12H2,1H3/t14-,18+/m1/s1. The first-order valence-electron chi connectivity index (χ1n) is 8.75. The van der Waals surface area contributed by atoms with E-state index in [1.54, 1.807) is 6.20 Å². The molecule has 5 rings (SSSR count). The Balaban J connectivity index is 1.51. The van der Waals surface area contributed by atoms with E-state index in [9.17, 15) is 0 Å². The van der Waals surface area contributed by atoms with Crippen molar-refractivity contribution in [3.63, 3.8) is 0 Å². The van der Waals surface area contributed by atoms with Crippen LogP contribution in [0.5, 0.6) is 0 Å². The Kier molecular flexibility index (Phi) is 3.60. The number of ether oxygens (including phenoxy) is 1. The number of hydrogen-bond donors (Lipinski definition) is 0. The Morgan fingerprint density at radius 2 is 2.15 bits per heavy atom. The number of hydrogen-bond acceptors (Lipinski definition) is 5. The minimum absolute atomic E-state index is 0.198. The highest BCUT2D eigenvalue weighted by atomic mass is 16.5. The number of pyridine rings is 1. The smallest absolute Gasteiger partial charge is 0.159 e. The van der Waals surface area contributed by atoms with Crippen molar-refractivity contribution in [2.45, 2.75) is 19.4 Å². The summed E-state index contributed by atoms with van der Waals surface area (Å²) in [5, 5.41) is 8.43. The van der Waals surface area contributed by atoms with E-state index in [4.69, 9.17) is 9.26 Å². The third kappa shape index (κ3) is 2.52. The number of imidazole rings is 1. The summed E-state index contributed by atoms with van der Waals surface area (Å²) in [6.45, 7) is 3.30. The first-order chi connectivity index (χ1) is 12.8. The van der Waals surface area contributed by atoms with Crippen LogP contribution in [0.1, 0.15) is 17.5 Å². The summed E-state index contributed by atoms with van der Waals surface area (Å²) in [5.41, 5.74) is 2.93. The lowest BCUT2D eigenvalue weighted by molar-refractivity contribution is 0.180. The van der Waals surface area contributed by atoms with Crippen LogP contribution in [0, 0.1) is 12.8 Å². The van der Waals surface area contributed by atoms with Crippen molar-refractivity contribution in [1.82, 2.24) is 24.3 Å². The Bertz CT molecular complexity index is 1050. The number of fused-ring (bicyclic) bond motifs is 1. The molecule has 0 radical (unpaired) electrons. The van der Waals surface area contributed by atoms with Crippen LogP contribution in [0.15, 0.2) is 53.4 Å². The van der Waals surface area contributed by atoms with Crippen LogP contribution in [0.25, 0.3) is 17.0 Å². The van der Waals surface area contributed by atoms with Crippen LogP contribution >= 0.6 is 0 Å². The summed E-state index contributed by atoms with van der Waals surface area (Å²) in [7, 11) is 0. The molecule has 1 aliphatic rings. The van der Waals surface area contributed by atoms with Crippen molar-refractivity contribution < 1.29 is 9.26 Å². The van der Waals surface area contributed by atoms with E-state index in [-0.39, 0.29) is 6.04 Å². The molecule has 5 heterocycles. The predicted molar refractivity (Wildman–Crippen MR) is 94.7 cm³/mol. The lowest BCUT2D eigenvalue weighted by Crippen LogP contribution is -2.20. The van der Waals surface area contributed by atoms with E-state index in [0.717, 1.165) is 34.9 Å². The van der Waals surface area contributed by atoms with Crippen molar-refractivity contribution in [2.24, 2.45) is 5.92 Å². The van der Waals surface area contributed by atoms with Crippen LogP contribution in [0.3, 0.4) is 0 Å². The maximum atomic E-state index is 5.80.